The van der Waals surface area contributed by atoms with Gasteiger partial charge in [-0.2, -0.15) is 0 Å². The van der Waals surface area contributed by atoms with Crippen LogP contribution in [0.2, 0.25) is 0 Å². The fourth-order valence-electron chi connectivity index (χ4n) is 1.73. The number of rotatable bonds is 3. The van der Waals surface area contributed by atoms with E-state index in [1.165, 1.54) is 14.0 Å². The fourth-order valence-corrected chi connectivity index (χ4v) is 1.73. The normalized spacial score (nSPS) is 24.3. The second-order valence-corrected chi connectivity index (χ2v) is 3.80. The Morgan fingerprint density at radius 2 is 2.06 bits per heavy atom. The molecule has 0 aromatic rings. The van der Waals surface area contributed by atoms with Gasteiger partial charge in [0.25, 0.3) is 0 Å². The van der Waals surface area contributed by atoms with Gasteiger partial charge in [0, 0.05) is 6.42 Å². The lowest BCUT2D eigenvalue weighted by Crippen LogP contribution is -2.41. The molecule has 2 atom stereocenters. The smallest absolute Gasteiger partial charge is 0.328 e. The minimum absolute atomic E-state index is 0.0592. The van der Waals surface area contributed by atoms with E-state index in [4.69, 9.17) is 0 Å². The minimum atomic E-state index is -1.24. The summed E-state index contributed by atoms with van der Waals surface area (Å²) in [6.07, 6.45) is -1.60. The van der Waals surface area contributed by atoms with Crippen molar-refractivity contribution < 1.29 is 23.5 Å². The van der Waals surface area contributed by atoms with Gasteiger partial charge in [-0.3, -0.25) is 9.59 Å². The minimum Gasteiger partial charge on any atom is -0.467 e. The Hall–Kier alpha value is -1.46. The Labute approximate surface area is 92.5 Å². The predicted octanol–water partition coefficient (Wildman–Crippen LogP) is 0.0775. The lowest BCUT2D eigenvalue weighted by atomic mass is 10.2. The number of amides is 1. The molecule has 0 spiro atoms. The molecule has 0 aromatic heterocycles. The highest BCUT2D eigenvalue weighted by Crippen LogP contribution is 2.22. The summed E-state index contributed by atoms with van der Waals surface area (Å²) in [6.45, 7) is 1.12. The van der Waals surface area contributed by atoms with Crippen molar-refractivity contribution in [2.45, 2.75) is 32.0 Å². The number of halogens is 1. The Bertz CT molecular complexity index is 318. The van der Waals surface area contributed by atoms with Gasteiger partial charge in [-0.15, -0.1) is 0 Å². The van der Waals surface area contributed by atoms with Gasteiger partial charge in [0.15, 0.2) is 0 Å². The molecule has 0 aromatic carbocycles. The molecule has 90 valence electrons. The van der Waals surface area contributed by atoms with Crippen LogP contribution in [0.4, 0.5) is 4.39 Å². The number of hydrogen-bond donors (Lipinski definition) is 0. The lowest BCUT2D eigenvalue weighted by molar-refractivity contribution is -0.151. The molecule has 0 aliphatic carbocycles. The molecule has 0 unspecified atom stereocenters. The van der Waals surface area contributed by atoms with Crippen LogP contribution in [-0.4, -0.2) is 48.4 Å². The summed E-state index contributed by atoms with van der Waals surface area (Å²) in [5, 5.41) is 0. The topological polar surface area (TPSA) is 63.7 Å². The molecule has 1 aliphatic rings. The Kier molecular flexibility index (Phi) is 3.98. The van der Waals surface area contributed by atoms with Gasteiger partial charge in [0.2, 0.25) is 5.91 Å². The SMILES string of the molecule is COC(=O)[C@@H]1C[C@H](F)CN1C(=O)CC(C)=O. The van der Waals surface area contributed by atoms with Crippen molar-refractivity contribution in [1.82, 2.24) is 4.90 Å². The van der Waals surface area contributed by atoms with Crippen molar-refractivity contribution in [3.8, 4) is 0 Å². The van der Waals surface area contributed by atoms with Crippen LogP contribution in [0.25, 0.3) is 0 Å². The maximum absolute atomic E-state index is 13.1. The van der Waals surface area contributed by atoms with Crippen molar-refractivity contribution in [2.24, 2.45) is 0 Å². The van der Waals surface area contributed by atoms with E-state index in [2.05, 4.69) is 4.74 Å². The van der Waals surface area contributed by atoms with E-state index in [0.29, 0.717) is 0 Å². The summed E-state index contributed by atoms with van der Waals surface area (Å²) in [7, 11) is 1.18. The molecule has 1 amide bonds. The second kappa shape index (κ2) is 5.05. The lowest BCUT2D eigenvalue weighted by Gasteiger charge is -2.21. The summed E-state index contributed by atoms with van der Waals surface area (Å²) in [6, 6.07) is -0.896. The zero-order chi connectivity index (χ0) is 12.3. The summed E-state index contributed by atoms with van der Waals surface area (Å²) in [4.78, 5) is 34.7. The molecule has 1 saturated heterocycles. The second-order valence-electron chi connectivity index (χ2n) is 3.80. The summed E-state index contributed by atoms with van der Waals surface area (Å²) in [5.74, 6) is -1.48. The van der Waals surface area contributed by atoms with Crippen LogP contribution in [-0.2, 0) is 19.1 Å². The number of methoxy groups -OCH3 is 1. The zero-order valence-electron chi connectivity index (χ0n) is 9.23. The number of ketones is 1. The molecule has 0 radical (unpaired) electrons. The Morgan fingerprint density at radius 1 is 1.44 bits per heavy atom. The van der Waals surface area contributed by atoms with E-state index >= 15 is 0 Å². The summed E-state index contributed by atoms with van der Waals surface area (Å²) < 4.78 is 17.6. The number of alkyl halides is 1. The molecule has 0 N–H and O–H groups in total. The van der Waals surface area contributed by atoms with Gasteiger partial charge in [-0.05, 0) is 6.92 Å². The molecule has 6 heteroatoms. The standard InChI is InChI=1S/C10H14FNO4/c1-6(13)3-9(14)12-5-7(11)4-8(12)10(15)16-2/h7-8H,3-5H2,1-2H3/t7-,8-/m0/s1. The van der Waals surface area contributed by atoms with Crippen molar-refractivity contribution in [3.63, 3.8) is 0 Å². The van der Waals surface area contributed by atoms with Crippen LogP contribution in [0.3, 0.4) is 0 Å². The number of carbonyl (C=O) groups is 3. The van der Waals surface area contributed by atoms with E-state index in [0.717, 1.165) is 4.90 Å². The van der Waals surface area contributed by atoms with Crippen LogP contribution in [0.5, 0.6) is 0 Å². The van der Waals surface area contributed by atoms with Crippen molar-refractivity contribution in [3.05, 3.63) is 0 Å². The number of carbonyl (C=O) groups excluding carboxylic acids is 3. The van der Waals surface area contributed by atoms with Crippen molar-refractivity contribution >= 4 is 17.7 Å². The van der Waals surface area contributed by atoms with Gasteiger partial charge >= 0.3 is 5.97 Å². The van der Waals surface area contributed by atoms with Crippen LogP contribution in [0, 0.1) is 0 Å². The van der Waals surface area contributed by atoms with Crippen LogP contribution in [0.1, 0.15) is 19.8 Å². The third kappa shape index (κ3) is 2.77. The van der Waals surface area contributed by atoms with Gasteiger partial charge in [0.05, 0.1) is 20.1 Å². The number of nitrogens with zero attached hydrogens (tertiary/aromatic N) is 1. The van der Waals surface area contributed by atoms with Crippen molar-refractivity contribution in [2.75, 3.05) is 13.7 Å². The van der Waals surface area contributed by atoms with Crippen LogP contribution in [0.15, 0.2) is 0 Å². The Morgan fingerprint density at radius 3 is 2.56 bits per heavy atom. The van der Waals surface area contributed by atoms with Crippen LogP contribution < -0.4 is 0 Å². The molecule has 1 heterocycles. The first-order valence-corrected chi connectivity index (χ1v) is 4.96. The molecule has 0 bridgehead atoms. The first-order chi connectivity index (χ1) is 7.45. The van der Waals surface area contributed by atoms with Crippen LogP contribution >= 0.6 is 0 Å². The highest BCUT2D eigenvalue weighted by molar-refractivity contribution is 5.98. The quantitative estimate of drug-likeness (QED) is 0.509. The highest BCUT2D eigenvalue weighted by Gasteiger charge is 2.40. The average molecular weight is 231 g/mol. The first-order valence-electron chi connectivity index (χ1n) is 4.96. The monoisotopic (exact) mass is 231 g/mol. The molecule has 1 aliphatic heterocycles. The van der Waals surface area contributed by atoms with E-state index < -0.39 is 24.1 Å². The number of likely N-dealkylation sites (tertiary alicyclic amines) is 1. The maximum Gasteiger partial charge on any atom is 0.328 e. The Balaban J connectivity index is 2.72. The fraction of sp³-hybridized carbons (Fsp3) is 0.700. The molecule has 1 rings (SSSR count). The highest BCUT2D eigenvalue weighted by atomic mass is 19.1. The van der Waals surface area contributed by atoms with E-state index in [1.54, 1.807) is 0 Å². The van der Waals surface area contributed by atoms with Gasteiger partial charge in [-0.25, -0.2) is 9.18 Å². The molecule has 0 saturated carbocycles. The summed E-state index contributed by atoms with van der Waals surface area (Å²) >= 11 is 0. The molecule has 16 heavy (non-hydrogen) atoms. The number of esters is 1. The van der Waals surface area contributed by atoms with Gasteiger partial charge in [0.1, 0.15) is 18.0 Å². The number of ether oxygens (including phenoxy) is 1. The van der Waals surface area contributed by atoms with Gasteiger partial charge in [-0.1, -0.05) is 0 Å². The van der Waals surface area contributed by atoms with Crippen molar-refractivity contribution in [1.29, 1.82) is 0 Å². The molecule has 5 nitrogen and oxygen atoms in total. The number of Topliss-reactive ketones (excluding diaryl/α,β-unsaturated/α-hetero) is 1. The third-order valence-electron chi connectivity index (χ3n) is 2.44. The molecule has 1 fully saturated rings. The average Bonchev–Trinajstić information content (AvgIpc) is 2.58. The number of hydrogen-bond acceptors (Lipinski definition) is 4. The van der Waals surface area contributed by atoms with Gasteiger partial charge < -0.3 is 9.64 Å². The van der Waals surface area contributed by atoms with E-state index in [1.807, 2.05) is 0 Å². The predicted molar refractivity (Wildman–Crippen MR) is 52.3 cm³/mol. The third-order valence-corrected chi connectivity index (χ3v) is 2.44. The maximum atomic E-state index is 13.1. The summed E-state index contributed by atoms with van der Waals surface area (Å²) in [5.41, 5.74) is 0. The first kappa shape index (κ1) is 12.6. The van der Waals surface area contributed by atoms with E-state index in [-0.39, 0.29) is 25.2 Å². The molecular weight excluding hydrogens is 217 g/mol. The van der Waals surface area contributed by atoms with E-state index in [9.17, 15) is 18.8 Å². The zero-order valence-corrected chi connectivity index (χ0v) is 9.23. The molecular formula is C10H14FNO4. The largest absolute Gasteiger partial charge is 0.467 e.